The number of nitrogens with one attached hydrogen (secondary N) is 1. The van der Waals surface area contributed by atoms with E-state index in [-0.39, 0.29) is 18.9 Å². The highest BCUT2D eigenvalue weighted by molar-refractivity contribution is 6.31. The van der Waals surface area contributed by atoms with Crippen molar-refractivity contribution in [3.8, 4) is 0 Å². The maximum absolute atomic E-state index is 12.4. The van der Waals surface area contributed by atoms with Crippen LogP contribution in [0.2, 0.25) is 5.02 Å². The summed E-state index contributed by atoms with van der Waals surface area (Å²) in [5.74, 6) is -1.73. The second-order valence-corrected chi connectivity index (χ2v) is 7.60. The molecule has 1 fully saturated rings. The van der Waals surface area contributed by atoms with Crippen LogP contribution in [-0.4, -0.2) is 30.9 Å². The number of esters is 1. The van der Waals surface area contributed by atoms with E-state index < -0.39 is 24.4 Å². The number of carbonyl (C=O) groups excluding carboxylic acids is 3. The lowest BCUT2D eigenvalue weighted by atomic mass is 10.1. The number of aryl methyl sites for hydroxylation is 1. The number of carbonyl (C=O) groups is 3. The normalized spacial score (nSPS) is 16.1. The van der Waals surface area contributed by atoms with Crippen LogP contribution in [-0.2, 0) is 19.1 Å². The molecule has 1 aliphatic rings. The molecule has 2 aromatic carbocycles. The monoisotopic (exact) mass is 414 g/mol. The Morgan fingerprint density at radius 1 is 1.14 bits per heavy atom. The van der Waals surface area contributed by atoms with Gasteiger partial charge in [0.1, 0.15) is 0 Å². The number of amides is 2. The van der Waals surface area contributed by atoms with Crippen molar-refractivity contribution in [1.29, 1.82) is 0 Å². The third-order valence-electron chi connectivity index (χ3n) is 5.21. The van der Waals surface area contributed by atoms with Gasteiger partial charge in [-0.3, -0.25) is 14.4 Å². The van der Waals surface area contributed by atoms with Crippen LogP contribution in [0, 0.1) is 26.7 Å². The molecule has 2 aromatic rings. The van der Waals surface area contributed by atoms with E-state index in [1.165, 1.54) is 0 Å². The predicted molar refractivity (Wildman–Crippen MR) is 112 cm³/mol. The number of anilines is 2. The molecule has 7 heteroatoms. The molecule has 0 radical (unpaired) electrons. The van der Waals surface area contributed by atoms with Crippen molar-refractivity contribution in [3.63, 3.8) is 0 Å². The smallest absolute Gasteiger partial charge is 0.311 e. The van der Waals surface area contributed by atoms with Crippen LogP contribution in [0.3, 0.4) is 0 Å². The van der Waals surface area contributed by atoms with Crippen LogP contribution >= 0.6 is 11.6 Å². The zero-order valence-corrected chi connectivity index (χ0v) is 17.4. The average molecular weight is 415 g/mol. The molecule has 29 heavy (non-hydrogen) atoms. The Morgan fingerprint density at radius 3 is 2.62 bits per heavy atom. The summed E-state index contributed by atoms with van der Waals surface area (Å²) < 4.78 is 5.15. The highest BCUT2D eigenvalue weighted by atomic mass is 35.5. The minimum atomic E-state index is -0.594. The molecule has 1 saturated heterocycles. The molecule has 1 N–H and O–H groups in total. The number of hydrogen-bond donors (Lipinski definition) is 1. The van der Waals surface area contributed by atoms with Crippen LogP contribution in [0.15, 0.2) is 36.4 Å². The Morgan fingerprint density at radius 2 is 1.86 bits per heavy atom. The molecule has 6 nitrogen and oxygen atoms in total. The van der Waals surface area contributed by atoms with Gasteiger partial charge in [-0.25, -0.2) is 0 Å². The van der Waals surface area contributed by atoms with Gasteiger partial charge in [-0.1, -0.05) is 29.8 Å². The molecular formula is C22H23ClN2O4. The Balaban J connectivity index is 1.57. The lowest BCUT2D eigenvalue weighted by Crippen LogP contribution is -2.28. The molecule has 1 heterocycles. The average Bonchev–Trinajstić information content (AvgIpc) is 3.07. The van der Waals surface area contributed by atoms with Gasteiger partial charge in [-0.15, -0.1) is 0 Å². The number of nitrogens with zero attached hydrogens (tertiary/aromatic N) is 1. The first-order valence-corrected chi connectivity index (χ1v) is 9.74. The first kappa shape index (κ1) is 20.9. The molecule has 3 rings (SSSR count). The Kier molecular flexibility index (Phi) is 6.23. The van der Waals surface area contributed by atoms with E-state index in [0.717, 1.165) is 22.4 Å². The van der Waals surface area contributed by atoms with Crippen molar-refractivity contribution in [2.75, 3.05) is 23.4 Å². The molecule has 1 aliphatic heterocycles. The topological polar surface area (TPSA) is 75.7 Å². The second kappa shape index (κ2) is 8.66. The summed E-state index contributed by atoms with van der Waals surface area (Å²) in [6.45, 7) is 5.54. The van der Waals surface area contributed by atoms with E-state index in [1.807, 2.05) is 32.0 Å². The molecule has 0 aliphatic carbocycles. The fourth-order valence-corrected chi connectivity index (χ4v) is 3.48. The fraction of sp³-hybridized carbons (Fsp3) is 0.318. The van der Waals surface area contributed by atoms with Gasteiger partial charge in [-0.2, -0.15) is 0 Å². The van der Waals surface area contributed by atoms with Gasteiger partial charge in [0.2, 0.25) is 5.91 Å². The van der Waals surface area contributed by atoms with Crippen molar-refractivity contribution in [1.82, 2.24) is 0 Å². The first-order chi connectivity index (χ1) is 13.8. The molecule has 152 valence electrons. The first-order valence-electron chi connectivity index (χ1n) is 9.36. The number of benzene rings is 2. The fourth-order valence-electron chi connectivity index (χ4n) is 3.31. The highest BCUT2D eigenvalue weighted by Crippen LogP contribution is 2.30. The van der Waals surface area contributed by atoms with Gasteiger partial charge >= 0.3 is 5.97 Å². The van der Waals surface area contributed by atoms with Crippen molar-refractivity contribution in [2.24, 2.45) is 5.92 Å². The van der Waals surface area contributed by atoms with Crippen molar-refractivity contribution in [3.05, 3.63) is 58.1 Å². The van der Waals surface area contributed by atoms with Gasteiger partial charge in [-0.05, 0) is 55.7 Å². The minimum absolute atomic E-state index is 0.0707. The van der Waals surface area contributed by atoms with E-state index in [4.69, 9.17) is 16.3 Å². The van der Waals surface area contributed by atoms with E-state index in [9.17, 15) is 14.4 Å². The minimum Gasteiger partial charge on any atom is -0.455 e. The third kappa shape index (κ3) is 4.59. The largest absolute Gasteiger partial charge is 0.455 e. The Bertz CT molecular complexity index is 973. The van der Waals surface area contributed by atoms with Gasteiger partial charge in [0, 0.05) is 29.4 Å². The maximum Gasteiger partial charge on any atom is 0.311 e. The highest BCUT2D eigenvalue weighted by Gasteiger charge is 2.37. The number of hydrogen-bond acceptors (Lipinski definition) is 4. The van der Waals surface area contributed by atoms with Crippen molar-refractivity contribution in [2.45, 2.75) is 27.2 Å². The van der Waals surface area contributed by atoms with Crippen LogP contribution in [0.25, 0.3) is 0 Å². The Hall–Kier alpha value is -2.86. The van der Waals surface area contributed by atoms with E-state index in [0.29, 0.717) is 10.7 Å². The van der Waals surface area contributed by atoms with Gasteiger partial charge < -0.3 is 15.0 Å². The summed E-state index contributed by atoms with van der Waals surface area (Å²) in [5.41, 5.74) is 4.19. The van der Waals surface area contributed by atoms with Gasteiger partial charge in [0.15, 0.2) is 6.61 Å². The predicted octanol–water partition coefficient (Wildman–Crippen LogP) is 3.80. The van der Waals surface area contributed by atoms with Gasteiger partial charge in [0.25, 0.3) is 5.91 Å². The summed E-state index contributed by atoms with van der Waals surface area (Å²) in [6.07, 6.45) is 0.0707. The molecule has 1 atom stereocenters. The van der Waals surface area contributed by atoms with Crippen LogP contribution in [0.1, 0.15) is 23.1 Å². The zero-order chi connectivity index (χ0) is 21.1. The quantitative estimate of drug-likeness (QED) is 0.755. The second-order valence-electron chi connectivity index (χ2n) is 7.19. The zero-order valence-electron chi connectivity index (χ0n) is 16.6. The SMILES string of the molecule is Cc1cccc(N2C[C@H](C(=O)OCC(=O)Nc3cccc(Cl)c3C)CC2=O)c1C. The lowest BCUT2D eigenvalue weighted by Gasteiger charge is -2.20. The summed E-state index contributed by atoms with van der Waals surface area (Å²) >= 11 is 6.04. The summed E-state index contributed by atoms with van der Waals surface area (Å²) in [6, 6.07) is 10.9. The molecule has 0 unspecified atom stereocenters. The third-order valence-corrected chi connectivity index (χ3v) is 5.62. The summed E-state index contributed by atoms with van der Waals surface area (Å²) in [4.78, 5) is 38.6. The van der Waals surface area contributed by atoms with E-state index >= 15 is 0 Å². The van der Waals surface area contributed by atoms with Crippen LogP contribution < -0.4 is 10.2 Å². The lowest BCUT2D eigenvalue weighted by molar-refractivity contribution is -0.151. The molecule has 0 saturated carbocycles. The van der Waals surface area contributed by atoms with Crippen molar-refractivity contribution < 1.29 is 19.1 Å². The molecule has 0 spiro atoms. The van der Waals surface area contributed by atoms with Crippen LogP contribution in [0.4, 0.5) is 11.4 Å². The molecular weight excluding hydrogens is 392 g/mol. The number of rotatable bonds is 5. The Labute approximate surface area is 174 Å². The van der Waals surface area contributed by atoms with Crippen LogP contribution in [0.5, 0.6) is 0 Å². The molecule has 0 bridgehead atoms. The van der Waals surface area contributed by atoms with Crippen molar-refractivity contribution >= 4 is 40.8 Å². The van der Waals surface area contributed by atoms with Gasteiger partial charge in [0.05, 0.1) is 5.92 Å². The standard InChI is InChI=1S/C22H23ClN2O4/c1-13-6-4-9-19(14(13)2)25-11-16(10-21(25)27)22(28)29-12-20(26)24-18-8-5-7-17(23)15(18)3/h4-9,16H,10-12H2,1-3H3,(H,24,26)/t16-/m1/s1. The molecule has 0 aromatic heterocycles. The number of ether oxygens (including phenoxy) is 1. The maximum atomic E-state index is 12.4. The number of halogens is 1. The molecule has 2 amide bonds. The summed E-state index contributed by atoms with van der Waals surface area (Å²) in [7, 11) is 0. The summed E-state index contributed by atoms with van der Waals surface area (Å²) in [5, 5.41) is 3.21. The van der Waals surface area contributed by atoms with E-state index in [2.05, 4.69) is 5.32 Å². The van der Waals surface area contributed by atoms with E-state index in [1.54, 1.807) is 30.0 Å².